The lowest BCUT2D eigenvalue weighted by Crippen LogP contribution is -2.19. The molecule has 0 amide bonds. The maximum Gasteiger partial charge on any atom is 0.0358 e. The molecule has 2 heteroatoms. The van der Waals surface area contributed by atoms with Crippen LogP contribution in [0.1, 0.15) is 34.7 Å². The number of benzene rings is 2. The van der Waals surface area contributed by atoms with Crippen LogP contribution in [-0.4, -0.2) is 7.05 Å². The van der Waals surface area contributed by atoms with Crippen molar-refractivity contribution in [2.45, 2.75) is 31.7 Å². The predicted molar refractivity (Wildman–Crippen MR) is 88.1 cm³/mol. The molecule has 1 nitrogen and oxygen atoms in total. The average molecular weight is 330 g/mol. The van der Waals surface area contributed by atoms with Crippen molar-refractivity contribution in [1.29, 1.82) is 0 Å². The Labute approximate surface area is 129 Å². The number of nitrogens with one attached hydrogen (secondary N) is 1. The van der Waals surface area contributed by atoms with Gasteiger partial charge in [0.15, 0.2) is 0 Å². The van der Waals surface area contributed by atoms with E-state index < -0.39 is 0 Å². The van der Waals surface area contributed by atoms with Crippen LogP contribution in [0.25, 0.3) is 0 Å². The predicted octanol–water partition coefficient (Wildman–Crippen LogP) is 4.44. The molecule has 0 saturated carbocycles. The van der Waals surface area contributed by atoms with Crippen molar-refractivity contribution >= 4 is 15.9 Å². The maximum atomic E-state index is 3.55. The Morgan fingerprint density at radius 3 is 2.75 bits per heavy atom. The molecule has 0 bridgehead atoms. The summed E-state index contributed by atoms with van der Waals surface area (Å²) in [4.78, 5) is 0. The summed E-state index contributed by atoms with van der Waals surface area (Å²) in [5, 5.41) is 3.46. The summed E-state index contributed by atoms with van der Waals surface area (Å²) >= 11 is 3.55. The Hall–Kier alpha value is -1.12. The third-order valence-corrected chi connectivity index (χ3v) is 4.70. The molecule has 0 aliphatic heterocycles. The number of fused-ring (bicyclic) bond motifs is 1. The van der Waals surface area contributed by atoms with E-state index in [4.69, 9.17) is 0 Å². The van der Waals surface area contributed by atoms with Gasteiger partial charge >= 0.3 is 0 Å². The highest BCUT2D eigenvalue weighted by Crippen LogP contribution is 2.27. The molecule has 0 aromatic heterocycles. The Morgan fingerprint density at radius 1 is 1.10 bits per heavy atom. The van der Waals surface area contributed by atoms with Crippen molar-refractivity contribution in [3.63, 3.8) is 0 Å². The van der Waals surface area contributed by atoms with Crippen molar-refractivity contribution in [3.05, 3.63) is 69.2 Å². The van der Waals surface area contributed by atoms with E-state index in [1.807, 2.05) is 0 Å². The van der Waals surface area contributed by atoms with Gasteiger partial charge in [-0.25, -0.2) is 0 Å². The fraction of sp³-hybridized carbons (Fsp3) is 0.333. The van der Waals surface area contributed by atoms with E-state index in [0.29, 0.717) is 6.04 Å². The number of hydrogen-bond donors (Lipinski definition) is 1. The molecule has 2 aromatic rings. The number of aryl methyl sites for hydroxylation is 2. The Bertz CT molecular complexity index is 606. The number of rotatable bonds is 4. The zero-order chi connectivity index (χ0) is 13.9. The van der Waals surface area contributed by atoms with E-state index in [9.17, 15) is 0 Å². The second-order valence-electron chi connectivity index (χ2n) is 5.56. The van der Waals surface area contributed by atoms with Crippen molar-refractivity contribution in [1.82, 2.24) is 5.32 Å². The summed E-state index contributed by atoms with van der Waals surface area (Å²) in [6.07, 6.45) is 4.84. The average Bonchev–Trinajstić information content (AvgIpc) is 2.92. The molecule has 3 rings (SSSR count). The second kappa shape index (κ2) is 6.11. The molecule has 104 valence electrons. The number of likely N-dealkylation sites (N-methyl/N-ethyl adjacent to an activating group) is 1. The van der Waals surface area contributed by atoms with E-state index in [1.165, 1.54) is 30.4 Å². The molecule has 0 spiro atoms. The van der Waals surface area contributed by atoms with Gasteiger partial charge in [-0.1, -0.05) is 46.3 Å². The maximum absolute atomic E-state index is 3.55. The molecule has 1 N–H and O–H groups in total. The van der Waals surface area contributed by atoms with Gasteiger partial charge in [0.25, 0.3) is 0 Å². The molecule has 1 aliphatic carbocycles. The molecule has 0 radical (unpaired) electrons. The molecule has 1 unspecified atom stereocenters. The van der Waals surface area contributed by atoms with Crippen molar-refractivity contribution in [2.24, 2.45) is 0 Å². The normalized spacial score (nSPS) is 15.1. The van der Waals surface area contributed by atoms with E-state index >= 15 is 0 Å². The van der Waals surface area contributed by atoms with Crippen LogP contribution in [0.5, 0.6) is 0 Å². The molecule has 0 fully saturated rings. The van der Waals surface area contributed by atoms with Gasteiger partial charge in [-0.15, -0.1) is 0 Å². The van der Waals surface area contributed by atoms with Crippen LogP contribution in [-0.2, 0) is 19.3 Å². The third-order valence-electron chi connectivity index (χ3n) is 4.20. The summed E-state index contributed by atoms with van der Waals surface area (Å²) in [6, 6.07) is 16.0. The van der Waals surface area contributed by atoms with Crippen LogP contribution in [0.15, 0.2) is 46.9 Å². The standard InChI is InChI=1S/C18H20BrN/c1-20-18(11-13-4-2-7-17(19)10-13)16-9-8-14-5-3-6-15(14)12-16/h2,4,7-10,12,18,20H,3,5-6,11H2,1H3. The zero-order valence-corrected chi connectivity index (χ0v) is 13.4. The minimum Gasteiger partial charge on any atom is -0.313 e. The first kappa shape index (κ1) is 13.8. The quantitative estimate of drug-likeness (QED) is 0.874. The van der Waals surface area contributed by atoms with Gasteiger partial charge in [0, 0.05) is 10.5 Å². The highest BCUT2D eigenvalue weighted by atomic mass is 79.9. The van der Waals surface area contributed by atoms with Crippen molar-refractivity contribution in [3.8, 4) is 0 Å². The minimum atomic E-state index is 0.384. The largest absolute Gasteiger partial charge is 0.313 e. The van der Waals surface area contributed by atoms with Crippen LogP contribution in [0.3, 0.4) is 0 Å². The SMILES string of the molecule is CNC(Cc1cccc(Br)c1)c1ccc2c(c1)CCC2. The summed E-state index contributed by atoms with van der Waals surface area (Å²) in [5.41, 5.74) is 5.87. The highest BCUT2D eigenvalue weighted by molar-refractivity contribution is 9.10. The Balaban J connectivity index is 1.83. The van der Waals surface area contributed by atoms with Gasteiger partial charge < -0.3 is 5.32 Å². The van der Waals surface area contributed by atoms with E-state index in [0.717, 1.165) is 10.9 Å². The lowest BCUT2D eigenvalue weighted by atomic mass is 9.96. The second-order valence-corrected chi connectivity index (χ2v) is 6.47. The van der Waals surface area contributed by atoms with Crippen LogP contribution < -0.4 is 5.32 Å². The van der Waals surface area contributed by atoms with Gasteiger partial charge in [0.05, 0.1) is 0 Å². The fourth-order valence-corrected chi connectivity index (χ4v) is 3.54. The van der Waals surface area contributed by atoms with Crippen LogP contribution in [0.4, 0.5) is 0 Å². The molecule has 1 aliphatic rings. The van der Waals surface area contributed by atoms with E-state index in [1.54, 1.807) is 11.1 Å². The lowest BCUT2D eigenvalue weighted by Gasteiger charge is -2.18. The fourth-order valence-electron chi connectivity index (χ4n) is 3.09. The van der Waals surface area contributed by atoms with Crippen molar-refractivity contribution in [2.75, 3.05) is 7.05 Å². The van der Waals surface area contributed by atoms with E-state index in [-0.39, 0.29) is 0 Å². The van der Waals surface area contributed by atoms with Crippen LogP contribution >= 0.6 is 15.9 Å². The third kappa shape index (κ3) is 2.97. The molecule has 0 heterocycles. The molecule has 2 aromatic carbocycles. The highest BCUT2D eigenvalue weighted by Gasteiger charge is 2.15. The lowest BCUT2D eigenvalue weighted by molar-refractivity contribution is 0.591. The molecule has 0 saturated heterocycles. The van der Waals surface area contributed by atoms with Crippen molar-refractivity contribution < 1.29 is 0 Å². The van der Waals surface area contributed by atoms with Gasteiger partial charge in [-0.3, -0.25) is 0 Å². The van der Waals surface area contributed by atoms with Gasteiger partial charge in [-0.2, -0.15) is 0 Å². The summed E-state index contributed by atoms with van der Waals surface area (Å²) < 4.78 is 1.15. The first-order valence-corrected chi connectivity index (χ1v) is 8.09. The molecular weight excluding hydrogens is 310 g/mol. The molecule has 1 atom stereocenters. The van der Waals surface area contributed by atoms with Gasteiger partial charge in [-0.05, 0) is 67.1 Å². The minimum absolute atomic E-state index is 0.384. The number of halogens is 1. The Kier molecular flexibility index (Phi) is 4.23. The summed E-state index contributed by atoms with van der Waals surface area (Å²) in [6.45, 7) is 0. The zero-order valence-electron chi connectivity index (χ0n) is 11.8. The topological polar surface area (TPSA) is 12.0 Å². The summed E-state index contributed by atoms with van der Waals surface area (Å²) in [5.74, 6) is 0. The summed E-state index contributed by atoms with van der Waals surface area (Å²) in [7, 11) is 2.05. The van der Waals surface area contributed by atoms with Gasteiger partial charge in [0.2, 0.25) is 0 Å². The monoisotopic (exact) mass is 329 g/mol. The first-order chi connectivity index (χ1) is 9.76. The first-order valence-electron chi connectivity index (χ1n) is 7.29. The number of hydrogen-bond acceptors (Lipinski definition) is 1. The van der Waals surface area contributed by atoms with E-state index in [2.05, 4.69) is 70.8 Å². The Morgan fingerprint density at radius 2 is 1.95 bits per heavy atom. The molecular formula is C18H20BrN. The van der Waals surface area contributed by atoms with Gasteiger partial charge in [0.1, 0.15) is 0 Å². The molecule has 20 heavy (non-hydrogen) atoms. The smallest absolute Gasteiger partial charge is 0.0358 e. The van der Waals surface area contributed by atoms with Crippen LogP contribution in [0.2, 0.25) is 0 Å². The van der Waals surface area contributed by atoms with Crippen LogP contribution in [0, 0.1) is 0 Å².